The molecule has 0 fully saturated rings. The maximum atomic E-state index is 12.9. The van der Waals surface area contributed by atoms with Crippen LogP contribution in [0.4, 0.5) is 8.78 Å². The number of ketones is 1. The largest absolute Gasteiger partial charge is 0.294 e. The third-order valence-electron chi connectivity index (χ3n) is 2.96. The molecule has 148 valence electrons. The molecule has 0 bridgehead atoms. The second-order valence-corrected chi connectivity index (χ2v) is 9.34. The van der Waals surface area contributed by atoms with Gasteiger partial charge in [0.05, 0.1) is 21.7 Å². The van der Waals surface area contributed by atoms with Crippen molar-refractivity contribution in [1.82, 2.24) is 0 Å². The van der Waals surface area contributed by atoms with Crippen LogP contribution in [0.25, 0.3) is 0 Å². The first-order valence-corrected chi connectivity index (χ1v) is 13.4. The van der Waals surface area contributed by atoms with Crippen molar-refractivity contribution in [3.05, 3.63) is 79.0 Å². The fourth-order valence-electron chi connectivity index (χ4n) is 1.59. The Morgan fingerprint density at radius 2 is 1.93 bits per heavy atom. The predicted molar refractivity (Wildman–Crippen MR) is 113 cm³/mol. The SMILES string of the molecule is C=[C](OCC)[Sn][CH3].CC(=O)c1ccc(C#N)cc1F.Fc1cc(Cl)ccc1Br. The van der Waals surface area contributed by atoms with Crippen molar-refractivity contribution in [3.63, 3.8) is 0 Å². The summed E-state index contributed by atoms with van der Waals surface area (Å²) < 4.78 is 31.9. The van der Waals surface area contributed by atoms with E-state index in [2.05, 4.69) is 27.4 Å². The van der Waals surface area contributed by atoms with Crippen LogP contribution in [0.5, 0.6) is 0 Å². The van der Waals surface area contributed by atoms with E-state index in [0.29, 0.717) is 9.50 Å². The normalized spacial score (nSPS) is 9.07. The molecule has 0 atom stereocenters. The van der Waals surface area contributed by atoms with Crippen LogP contribution in [0, 0.1) is 23.0 Å². The molecule has 2 rings (SSSR count). The summed E-state index contributed by atoms with van der Waals surface area (Å²) in [7, 11) is 0. The fourth-order valence-corrected chi connectivity index (χ4v) is 2.82. The Balaban J connectivity index is 0.000000408. The van der Waals surface area contributed by atoms with Crippen LogP contribution in [0.15, 0.2) is 51.2 Å². The Morgan fingerprint density at radius 3 is 2.29 bits per heavy atom. The second kappa shape index (κ2) is 14.6. The van der Waals surface area contributed by atoms with Gasteiger partial charge in [-0.2, -0.15) is 5.26 Å². The van der Waals surface area contributed by atoms with Gasteiger partial charge >= 0.3 is 54.7 Å². The maximum absolute atomic E-state index is 12.9. The van der Waals surface area contributed by atoms with Crippen LogP contribution >= 0.6 is 27.5 Å². The van der Waals surface area contributed by atoms with E-state index < -0.39 is 5.82 Å². The van der Waals surface area contributed by atoms with Gasteiger partial charge in [0.1, 0.15) is 11.6 Å². The molecule has 0 aliphatic heterocycles. The summed E-state index contributed by atoms with van der Waals surface area (Å²) in [5.74, 6) is -1.30. The summed E-state index contributed by atoms with van der Waals surface area (Å²) in [5.41, 5.74) is 0.242. The Labute approximate surface area is 187 Å². The molecule has 0 aromatic heterocycles. The number of benzene rings is 2. The number of carbonyl (C=O) groups is 1. The van der Waals surface area contributed by atoms with Gasteiger partial charge in [0, 0.05) is 5.02 Å². The first kappa shape index (κ1) is 26.6. The molecule has 0 aliphatic rings. The van der Waals surface area contributed by atoms with E-state index in [1.165, 1.54) is 25.1 Å². The van der Waals surface area contributed by atoms with Crippen molar-refractivity contribution < 1.29 is 18.3 Å². The Bertz CT molecular complexity index is 857. The monoisotopic (exact) mass is 577 g/mol. The minimum atomic E-state index is -0.637. The third-order valence-corrected chi connectivity index (χ3v) is 5.84. The number of hydrogen-bond donors (Lipinski definition) is 0. The van der Waals surface area contributed by atoms with E-state index >= 15 is 0 Å². The van der Waals surface area contributed by atoms with E-state index in [0.717, 1.165) is 16.4 Å². The van der Waals surface area contributed by atoms with Crippen molar-refractivity contribution in [3.8, 4) is 6.07 Å². The maximum Gasteiger partial charge on any atom is 0.162 e. The fraction of sp³-hybridized carbons (Fsp3) is 0.200. The first-order chi connectivity index (χ1) is 13.2. The second-order valence-electron chi connectivity index (χ2n) is 5.03. The molecule has 0 heterocycles. The van der Waals surface area contributed by atoms with E-state index in [-0.39, 0.29) is 43.9 Å². The zero-order chi connectivity index (χ0) is 21.7. The summed E-state index contributed by atoms with van der Waals surface area (Å²) >= 11 is 8.14. The molecule has 2 aromatic rings. The number of halogens is 4. The molecule has 0 spiro atoms. The molecule has 0 saturated carbocycles. The van der Waals surface area contributed by atoms with Crippen LogP contribution < -0.4 is 0 Å². The molecule has 0 amide bonds. The van der Waals surface area contributed by atoms with Gasteiger partial charge < -0.3 is 0 Å². The number of hydrogen-bond acceptors (Lipinski definition) is 3. The van der Waals surface area contributed by atoms with Crippen molar-refractivity contribution in [2.24, 2.45) is 0 Å². The van der Waals surface area contributed by atoms with Gasteiger partial charge in [0.25, 0.3) is 0 Å². The zero-order valence-electron chi connectivity index (χ0n) is 15.7. The summed E-state index contributed by atoms with van der Waals surface area (Å²) in [5, 5.41) is 8.80. The number of ether oxygens (including phenoxy) is 1. The summed E-state index contributed by atoms with van der Waals surface area (Å²) in [4.78, 5) is 12.9. The van der Waals surface area contributed by atoms with Gasteiger partial charge in [0.2, 0.25) is 0 Å². The topological polar surface area (TPSA) is 50.1 Å². The quantitative estimate of drug-likeness (QED) is 0.183. The van der Waals surface area contributed by atoms with Crippen molar-refractivity contribution in [2.45, 2.75) is 18.8 Å². The molecule has 8 heteroatoms. The number of carbonyl (C=O) groups excluding carboxylic acids is 1. The van der Waals surface area contributed by atoms with E-state index in [4.69, 9.17) is 21.6 Å². The van der Waals surface area contributed by atoms with Crippen molar-refractivity contribution >= 4 is 54.5 Å². The first-order valence-electron chi connectivity index (χ1n) is 7.96. The zero-order valence-corrected chi connectivity index (χ0v) is 20.8. The van der Waals surface area contributed by atoms with E-state index in [1.54, 1.807) is 18.2 Å². The molecule has 0 unspecified atom stereocenters. The standard InChI is InChI=1S/C9H6FNO.C6H3BrClF.C4H7O.CH3.Sn/c1-6(12)8-3-2-7(5-11)4-9(8)10;7-5-2-1-4(8)3-6(5)9;1-3-5-4-2;;/h2-4H,1H3;1-3H;1,4H2,2H3;1H3;. The Hall–Kier alpha value is -1.43. The summed E-state index contributed by atoms with van der Waals surface area (Å²) in [6.07, 6.45) is 0. The van der Waals surface area contributed by atoms with Crippen LogP contribution in [0.2, 0.25) is 9.96 Å². The van der Waals surface area contributed by atoms with Crippen LogP contribution in [0.1, 0.15) is 29.8 Å². The minimum absolute atomic E-state index is 0.0222. The minimum Gasteiger partial charge on any atom is -0.294 e. The molecule has 0 aliphatic carbocycles. The summed E-state index contributed by atoms with van der Waals surface area (Å²) in [6, 6.07) is 10.0. The van der Waals surface area contributed by atoms with Gasteiger partial charge in [-0.25, -0.2) is 8.78 Å². The van der Waals surface area contributed by atoms with Crippen LogP contribution in [-0.4, -0.2) is 33.5 Å². The average molecular weight is 577 g/mol. The van der Waals surface area contributed by atoms with E-state index in [1.807, 2.05) is 6.92 Å². The van der Waals surface area contributed by atoms with Gasteiger partial charge in [-0.15, -0.1) is 0 Å². The van der Waals surface area contributed by atoms with Gasteiger partial charge in [-0.05, 0) is 59.3 Å². The molecule has 2 aromatic carbocycles. The van der Waals surface area contributed by atoms with Crippen molar-refractivity contribution in [2.75, 3.05) is 6.61 Å². The Kier molecular flexibility index (Phi) is 13.8. The number of Topliss-reactive ketones (excluding diaryl/α,β-unsaturated/α-hetero) is 1. The molecule has 2 radical (unpaired) electrons. The number of rotatable bonds is 4. The molecule has 0 N–H and O–H groups in total. The van der Waals surface area contributed by atoms with Crippen LogP contribution in [0.3, 0.4) is 0 Å². The molecular formula is C20H19BrClF2NO2Sn. The Morgan fingerprint density at radius 1 is 1.29 bits per heavy atom. The van der Waals surface area contributed by atoms with Gasteiger partial charge in [-0.3, -0.25) is 4.79 Å². The van der Waals surface area contributed by atoms with Crippen LogP contribution in [-0.2, 0) is 4.74 Å². The molecule has 28 heavy (non-hydrogen) atoms. The summed E-state index contributed by atoms with van der Waals surface area (Å²) in [6.45, 7) is 7.77. The third kappa shape index (κ3) is 10.8. The molecule has 3 nitrogen and oxygen atoms in total. The number of nitrogens with zero attached hydrogens (tertiary/aromatic N) is 1. The van der Waals surface area contributed by atoms with Gasteiger partial charge in [-0.1, -0.05) is 11.6 Å². The van der Waals surface area contributed by atoms with Crippen molar-refractivity contribution in [1.29, 1.82) is 5.26 Å². The van der Waals surface area contributed by atoms with E-state index in [9.17, 15) is 13.6 Å². The smallest absolute Gasteiger partial charge is 0.162 e. The predicted octanol–water partition coefficient (Wildman–Crippen LogP) is 6.39. The average Bonchev–Trinajstić information content (AvgIpc) is 2.65. The molecular weight excluding hydrogens is 558 g/mol. The molecule has 0 saturated heterocycles. The van der Waals surface area contributed by atoms with Gasteiger partial charge in [0.15, 0.2) is 5.78 Å². The number of nitriles is 1.